The Morgan fingerprint density at radius 3 is 2.17 bits per heavy atom. The fourth-order valence-corrected chi connectivity index (χ4v) is 8.88. The van der Waals surface area contributed by atoms with Crippen molar-refractivity contribution in [1.29, 1.82) is 0 Å². The Balaban J connectivity index is 1.46. The van der Waals surface area contributed by atoms with Gasteiger partial charge in [-0.3, -0.25) is 0 Å². The van der Waals surface area contributed by atoms with E-state index < -0.39 is 0 Å². The van der Waals surface area contributed by atoms with Crippen molar-refractivity contribution in [2.75, 3.05) is 26.4 Å². The summed E-state index contributed by atoms with van der Waals surface area (Å²) in [7, 11) is 0. The van der Waals surface area contributed by atoms with Crippen LogP contribution < -0.4 is 0 Å². The van der Waals surface area contributed by atoms with Crippen molar-refractivity contribution in [3.63, 3.8) is 0 Å². The predicted molar refractivity (Wildman–Crippen MR) is 172 cm³/mol. The van der Waals surface area contributed by atoms with E-state index in [-0.39, 0.29) is 31.2 Å². The number of ether oxygens (including phenoxy) is 2. The molecule has 0 aromatic heterocycles. The lowest BCUT2D eigenvalue weighted by Gasteiger charge is -2.45. The van der Waals surface area contributed by atoms with E-state index in [0.29, 0.717) is 25.6 Å². The molecule has 3 saturated carbocycles. The van der Waals surface area contributed by atoms with E-state index in [1.165, 1.54) is 102 Å². The van der Waals surface area contributed by atoms with Crippen molar-refractivity contribution >= 4 is 5.97 Å². The van der Waals surface area contributed by atoms with Crippen LogP contribution in [0.3, 0.4) is 0 Å². The minimum atomic E-state index is -0.349. The zero-order valence-electron chi connectivity index (χ0n) is 27.4. The number of aliphatic hydroxyl groups is 2. The summed E-state index contributed by atoms with van der Waals surface area (Å²) in [5, 5.41) is 18.8. The van der Waals surface area contributed by atoms with Gasteiger partial charge in [-0.25, -0.2) is 4.79 Å². The number of aliphatic hydroxyl groups excluding tert-OH is 2. The lowest BCUT2D eigenvalue weighted by Crippen LogP contribution is -2.39. The van der Waals surface area contributed by atoms with Gasteiger partial charge in [-0.15, -0.1) is 0 Å². The molecule has 0 saturated heterocycles. The van der Waals surface area contributed by atoms with E-state index in [2.05, 4.69) is 20.4 Å². The third kappa shape index (κ3) is 11.9. The second-order valence-electron chi connectivity index (χ2n) is 14.4. The van der Waals surface area contributed by atoms with E-state index in [1.54, 1.807) is 0 Å². The Hall–Kier alpha value is -0.910. The normalized spacial score (nSPS) is 32.1. The molecule has 3 aliphatic rings. The number of hydrogen-bond donors (Lipinski definition) is 2. The maximum Gasteiger partial charge on any atom is 0.330 e. The van der Waals surface area contributed by atoms with Crippen LogP contribution in [-0.4, -0.2) is 48.7 Å². The summed E-state index contributed by atoms with van der Waals surface area (Å²) >= 11 is 0. The van der Waals surface area contributed by atoms with Gasteiger partial charge in [0.15, 0.2) is 0 Å². The first kappa shape index (κ1) is 35.6. The molecule has 6 atom stereocenters. The fourth-order valence-electron chi connectivity index (χ4n) is 8.88. The molecule has 3 aliphatic carbocycles. The van der Waals surface area contributed by atoms with Gasteiger partial charge in [0, 0.05) is 31.8 Å². The summed E-state index contributed by atoms with van der Waals surface area (Å²) < 4.78 is 11.7. The topological polar surface area (TPSA) is 76.0 Å². The van der Waals surface area contributed by atoms with Crippen LogP contribution in [0.1, 0.15) is 136 Å². The number of esters is 1. The molecule has 3 rings (SSSR count). The molecule has 0 aromatic rings. The molecule has 3 fully saturated rings. The third-order valence-corrected chi connectivity index (χ3v) is 11.7. The van der Waals surface area contributed by atoms with Crippen molar-refractivity contribution < 1.29 is 24.5 Å². The molecular weight excluding hydrogens is 524 g/mol. The molecule has 42 heavy (non-hydrogen) atoms. The highest BCUT2D eigenvalue weighted by atomic mass is 16.5. The van der Waals surface area contributed by atoms with Crippen molar-refractivity contribution in [3.05, 3.63) is 12.7 Å². The van der Waals surface area contributed by atoms with Crippen LogP contribution in [-0.2, 0) is 14.3 Å². The van der Waals surface area contributed by atoms with Gasteiger partial charge in [0.2, 0.25) is 0 Å². The van der Waals surface area contributed by atoms with Crippen LogP contribution in [0.5, 0.6) is 0 Å². The molecule has 0 radical (unpaired) electrons. The number of unbranched alkanes of at least 4 members (excludes halogenated alkanes) is 2. The minimum absolute atomic E-state index is 0.00510. The van der Waals surface area contributed by atoms with Crippen molar-refractivity contribution in [2.24, 2.45) is 47.3 Å². The SMILES string of the molecule is C=CC(=O)OCCC1CC(C2CCC(CCC3CCC(CCCCC)CC3)CC2CC)CCC1OCCC(CO)CO. The molecule has 0 aromatic carbocycles. The standard InChI is InChI=1S/C37H66O5/c1-4-7-8-9-28-10-12-29(13-11-28)14-15-30-16-18-35(32(5-2)24-30)33-17-19-36(41-22-20-31(26-38)27-39)34(25-33)21-23-42-37(40)6-3/h6,28-36,38-39H,3-5,7-27H2,1-2H3. The number of carbonyl (C=O) groups is 1. The van der Waals surface area contributed by atoms with Gasteiger partial charge in [-0.2, -0.15) is 0 Å². The van der Waals surface area contributed by atoms with Gasteiger partial charge in [-0.05, 0) is 86.4 Å². The van der Waals surface area contributed by atoms with E-state index in [1.807, 2.05) is 0 Å². The van der Waals surface area contributed by atoms with Crippen LogP contribution >= 0.6 is 0 Å². The van der Waals surface area contributed by atoms with E-state index >= 15 is 0 Å². The van der Waals surface area contributed by atoms with Gasteiger partial charge in [-0.1, -0.05) is 97.5 Å². The summed E-state index contributed by atoms with van der Waals surface area (Å²) in [6.07, 6.45) is 26.4. The first-order valence-electron chi connectivity index (χ1n) is 18.1. The smallest absolute Gasteiger partial charge is 0.330 e. The highest BCUT2D eigenvalue weighted by Crippen LogP contribution is 2.48. The second-order valence-corrected chi connectivity index (χ2v) is 14.4. The fraction of sp³-hybridized carbons (Fsp3) is 0.919. The van der Waals surface area contributed by atoms with Crippen LogP contribution in [0.4, 0.5) is 0 Å². The van der Waals surface area contributed by atoms with E-state index in [9.17, 15) is 15.0 Å². The molecular formula is C37H66O5. The molecule has 0 bridgehead atoms. The molecule has 0 aliphatic heterocycles. The van der Waals surface area contributed by atoms with Gasteiger partial charge < -0.3 is 19.7 Å². The van der Waals surface area contributed by atoms with E-state index in [0.717, 1.165) is 54.8 Å². The van der Waals surface area contributed by atoms with Gasteiger partial charge in [0.1, 0.15) is 0 Å². The number of hydrogen-bond acceptors (Lipinski definition) is 5. The number of rotatable bonds is 19. The molecule has 6 unspecified atom stereocenters. The molecule has 0 amide bonds. The summed E-state index contributed by atoms with van der Waals surface area (Å²) in [4.78, 5) is 11.7. The summed E-state index contributed by atoms with van der Waals surface area (Å²) in [5.74, 6) is 5.25. The monoisotopic (exact) mass is 590 g/mol. The quantitative estimate of drug-likeness (QED) is 0.0896. The van der Waals surface area contributed by atoms with Crippen molar-refractivity contribution in [1.82, 2.24) is 0 Å². The third-order valence-electron chi connectivity index (χ3n) is 11.7. The summed E-state index contributed by atoms with van der Waals surface area (Å²) in [5.41, 5.74) is 0. The first-order valence-corrected chi connectivity index (χ1v) is 18.1. The summed E-state index contributed by atoms with van der Waals surface area (Å²) in [6.45, 7) is 9.23. The van der Waals surface area contributed by atoms with Crippen LogP contribution in [0.2, 0.25) is 0 Å². The van der Waals surface area contributed by atoms with Crippen LogP contribution in [0.15, 0.2) is 12.7 Å². The molecule has 244 valence electrons. The molecule has 0 spiro atoms. The second kappa shape index (κ2) is 20.2. The highest BCUT2D eigenvalue weighted by molar-refractivity contribution is 5.81. The highest BCUT2D eigenvalue weighted by Gasteiger charge is 2.40. The predicted octanol–water partition coefficient (Wildman–Crippen LogP) is 8.51. The van der Waals surface area contributed by atoms with Gasteiger partial charge >= 0.3 is 5.97 Å². The Morgan fingerprint density at radius 2 is 1.50 bits per heavy atom. The molecule has 5 heteroatoms. The Bertz CT molecular complexity index is 728. The maximum atomic E-state index is 11.7. The maximum absolute atomic E-state index is 11.7. The lowest BCUT2D eigenvalue weighted by atomic mass is 9.62. The Morgan fingerprint density at radius 1 is 0.810 bits per heavy atom. The zero-order valence-corrected chi connectivity index (χ0v) is 27.4. The average molecular weight is 591 g/mol. The van der Waals surface area contributed by atoms with Crippen LogP contribution in [0, 0.1) is 47.3 Å². The zero-order chi connectivity index (χ0) is 30.2. The Labute approximate surface area is 258 Å². The van der Waals surface area contributed by atoms with Crippen LogP contribution in [0.25, 0.3) is 0 Å². The van der Waals surface area contributed by atoms with Crippen molar-refractivity contribution in [3.8, 4) is 0 Å². The minimum Gasteiger partial charge on any atom is -0.463 e. The molecule has 0 heterocycles. The average Bonchev–Trinajstić information content (AvgIpc) is 3.03. The number of carbonyl (C=O) groups excluding carboxylic acids is 1. The van der Waals surface area contributed by atoms with Gasteiger partial charge in [0.05, 0.1) is 12.7 Å². The Kier molecular flexibility index (Phi) is 17.1. The lowest BCUT2D eigenvalue weighted by molar-refractivity contribution is -0.139. The summed E-state index contributed by atoms with van der Waals surface area (Å²) in [6, 6.07) is 0. The van der Waals surface area contributed by atoms with Crippen molar-refractivity contribution in [2.45, 2.75) is 142 Å². The van der Waals surface area contributed by atoms with E-state index in [4.69, 9.17) is 9.47 Å². The van der Waals surface area contributed by atoms with Gasteiger partial charge in [0.25, 0.3) is 0 Å². The largest absolute Gasteiger partial charge is 0.463 e. The first-order chi connectivity index (χ1) is 20.5. The molecule has 2 N–H and O–H groups in total. The molecule has 5 nitrogen and oxygen atoms in total.